The first-order valence-corrected chi connectivity index (χ1v) is 5.25. The minimum Gasteiger partial charge on any atom is -0.483 e. The summed E-state index contributed by atoms with van der Waals surface area (Å²) >= 11 is 0. The first kappa shape index (κ1) is 11.8. The summed E-state index contributed by atoms with van der Waals surface area (Å²) in [7, 11) is 0. The molecule has 18 heavy (non-hydrogen) atoms. The van der Waals surface area contributed by atoms with Gasteiger partial charge in [-0.05, 0) is 18.2 Å². The summed E-state index contributed by atoms with van der Waals surface area (Å²) in [4.78, 5) is 19.3. The van der Waals surface area contributed by atoms with Gasteiger partial charge in [-0.2, -0.15) is 0 Å². The number of amides is 1. The largest absolute Gasteiger partial charge is 0.483 e. The number of hydrogen-bond acceptors (Lipinski definition) is 5. The molecule has 1 amide bonds. The zero-order valence-electron chi connectivity index (χ0n) is 9.54. The van der Waals surface area contributed by atoms with E-state index in [0.717, 1.165) is 0 Å². The second kappa shape index (κ2) is 5.13. The molecule has 0 aliphatic rings. The lowest BCUT2D eigenvalue weighted by molar-refractivity contribution is 0.0996. The quantitative estimate of drug-likeness (QED) is 0.772. The van der Waals surface area contributed by atoms with Crippen molar-refractivity contribution >= 4 is 11.6 Å². The highest BCUT2D eigenvalue weighted by atomic mass is 16.5. The molecule has 92 valence electrons. The van der Waals surface area contributed by atoms with Crippen LogP contribution in [0.4, 0.5) is 5.69 Å². The summed E-state index contributed by atoms with van der Waals surface area (Å²) in [5.74, 6) is 0.167. The van der Waals surface area contributed by atoms with Gasteiger partial charge in [-0.1, -0.05) is 6.07 Å². The number of ether oxygens (including phenoxy) is 1. The van der Waals surface area contributed by atoms with E-state index >= 15 is 0 Å². The second-order valence-electron chi connectivity index (χ2n) is 3.54. The number of primary amides is 1. The average Bonchev–Trinajstić information content (AvgIpc) is 2.38. The fourth-order valence-corrected chi connectivity index (χ4v) is 1.45. The van der Waals surface area contributed by atoms with Crippen LogP contribution in [0.15, 0.2) is 36.7 Å². The molecule has 0 radical (unpaired) electrons. The molecule has 0 aliphatic heterocycles. The van der Waals surface area contributed by atoms with Gasteiger partial charge in [-0.3, -0.25) is 4.79 Å². The predicted molar refractivity (Wildman–Crippen MR) is 65.7 cm³/mol. The van der Waals surface area contributed by atoms with Crippen LogP contribution in [0.25, 0.3) is 0 Å². The monoisotopic (exact) mass is 244 g/mol. The topological polar surface area (TPSA) is 104 Å². The molecule has 2 aromatic rings. The van der Waals surface area contributed by atoms with Gasteiger partial charge in [0.05, 0.1) is 11.3 Å². The maximum absolute atomic E-state index is 11.2. The van der Waals surface area contributed by atoms with Crippen LogP contribution in [-0.2, 0) is 6.61 Å². The number of nitrogens with two attached hydrogens (primary N) is 2. The number of nitrogen functional groups attached to an aromatic ring is 1. The Hall–Kier alpha value is -2.63. The minimum absolute atomic E-state index is 0.120. The molecule has 6 heteroatoms. The van der Waals surface area contributed by atoms with Crippen molar-refractivity contribution in [1.29, 1.82) is 0 Å². The van der Waals surface area contributed by atoms with Crippen LogP contribution in [0, 0.1) is 0 Å². The van der Waals surface area contributed by atoms with Crippen molar-refractivity contribution in [2.45, 2.75) is 6.61 Å². The van der Waals surface area contributed by atoms with Crippen molar-refractivity contribution in [3.05, 3.63) is 48.0 Å². The zero-order valence-corrected chi connectivity index (χ0v) is 9.54. The highest BCUT2D eigenvalue weighted by molar-refractivity contribution is 5.97. The number of nitrogens with zero attached hydrogens (tertiary/aromatic N) is 2. The van der Waals surface area contributed by atoms with Gasteiger partial charge < -0.3 is 16.2 Å². The van der Waals surface area contributed by atoms with Crippen LogP contribution in [0.1, 0.15) is 16.2 Å². The Kier molecular flexibility index (Phi) is 3.38. The van der Waals surface area contributed by atoms with E-state index < -0.39 is 5.91 Å². The Labute approximate surface area is 104 Å². The van der Waals surface area contributed by atoms with Crippen molar-refractivity contribution in [2.24, 2.45) is 5.73 Å². The fourth-order valence-electron chi connectivity index (χ4n) is 1.45. The molecule has 0 aliphatic carbocycles. The van der Waals surface area contributed by atoms with Gasteiger partial charge in [0.15, 0.2) is 11.6 Å². The van der Waals surface area contributed by atoms with Gasteiger partial charge in [-0.15, -0.1) is 0 Å². The molecular formula is C12H12N4O2. The fraction of sp³-hybridized carbons (Fsp3) is 0.0833. The molecule has 1 heterocycles. The molecule has 1 aromatic heterocycles. The number of anilines is 1. The Morgan fingerprint density at radius 2 is 1.94 bits per heavy atom. The third-order valence-corrected chi connectivity index (χ3v) is 2.28. The minimum atomic E-state index is -0.591. The Bertz CT molecular complexity index is 557. The number of para-hydroxylation sites is 1. The van der Waals surface area contributed by atoms with Crippen molar-refractivity contribution in [1.82, 2.24) is 9.97 Å². The molecule has 4 N–H and O–H groups in total. The number of hydrogen-bond donors (Lipinski definition) is 2. The van der Waals surface area contributed by atoms with E-state index in [1.165, 1.54) is 0 Å². The normalized spacial score (nSPS) is 10.0. The van der Waals surface area contributed by atoms with E-state index in [4.69, 9.17) is 16.2 Å². The van der Waals surface area contributed by atoms with Gasteiger partial charge >= 0.3 is 0 Å². The van der Waals surface area contributed by atoms with Crippen LogP contribution >= 0.6 is 0 Å². The van der Waals surface area contributed by atoms with E-state index in [0.29, 0.717) is 11.5 Å². The molecule has 0 saturated heterocycles. The van der Waals surface area contributed by atoms with Crippen molar-refractivity contribution < 1.29 is 9.53 Å². The molecule has 0 atom stereocenters. The molecule has 6 nitrogen and oxygen atoms in total. The summed E-state index contributed by atoms with van der Waals surface area (Å²) < 4.78 is 5.46. The maximum atomic E-state index is 11.2. The second-order valence-corrected chi connectivity index (χ2v) is 3.54. The Balaban J connectivity index is 2.21. The molecule has 0 spiro atoms. The summed E-state index contributed by atoms with van der Waals surface area (Å²) in [6, 6.07) is 6.53. The van der Waals surface area contributed by atoms with Gasteiger partial charge in [0.1, 0.15) is 6.61 Å². The van der Waals surface area contributed by atoms with E-state index in [2.05, 4.69) is 9.97 Å². The van der Waals surface area contributed by atoms with Crippen LogP contribution in [0.5, 0.6) is 5.75 Å². The molecule has 0 fully saturated rings. The third kappa shape index (κ3) is 2.54. The number of aromatic nitrogens is 2. The number of carbonyl (C=O) groups excluding carboxylic acids is 1. The molecule has 0 saturated carbocycles. The Morgan fingerprint density at radius 1 is 1.22 bits per heavy atom. The number of rotatable bonds is 4. The lowest BCUT2D eigenvalue weighted by atomic mass is 10.1. The summed E-state index contributed by atoms with van der Waals surface area (Å²) in [6.07, 6.45) is 3.21. The number of carbonyl (C=O) groups is 1. The van der Waals surface area contributed by atoms with Crippen LogP contribution in [0.2, 0.25) is 0 Å². The van der Waals surface area contributed by atoms with Crippen LogP contribution in [-0.4, -0.2) is 15.9 Å². The molecule has 0 bridgehead atoms. The van der Waals surface area contributed by atoms with Crippen LogP contribution < -0.4 is 16.2 Å². The van der Waals surface area contributed by atoms with Gasteiger partial charge in [0, 0.05) is 12.4 Å². The van der Waals surface area contributed by atoms with E-state index in [1.54, 1.807) is 36.7 Å². The van der Waals surface area contributed by atoms with Crippen LogP contribution in [0.3, 0.4) is 0 Å². The Morgan fingerprint density at radius 3 is 2.61 bits per heavy atom. The number of benzene rings is 1. The summed E-state index contributed by atoms with van der Waals surface area (Å²) in [5.41, 5.74) is 11.6. The predicted octanol–water partition coefficient (Wildman–Crippen LogP) is 0.737. The first-order chi connectivity index (χ1) is 8.68. The van der Waals surface area contributed by atoms with Gasteiger partial charge in [0.25, 0.3) is 5.91 Å². The van der Waals surface area contributed by atoms with Crippen molar-refractivity contribution in [3.8, 4) is 5.75 Å². The smallest absolute Gasteiger partial charge is 0.252 e. The SMILES string of the molecule is NC(=O)c1cccc(N)c1OCc1ncccn1. The summed E-state index contributed by atoms with van der Waals surface area (Å²) in [6.45, 7) is 0.120. The maximum Gasteiger partial charge on any atom is 0.252 e. The first-order valence-electron chi connectivity index (χ1n) is 5.25. The third-order valence-electron chi connectivity index (χ3n) is 2.28. The molecule has 0 unspecified atom stereocenters. The lowest BCUT2D eigenvalue weighted by Crippen LogP contribution is -2.14. The van der Waals surface area contributed by atoms with Crippen molar-refractivity contribution in [2.75, 3.05) is 5.73 Å². The highest BCUT2D eigenvalue weighted by Gasteiger charge is 2.12. The average molecular weight is 244 g/mol. The standard InChI is InChI=1S/C12H12N4O2/c13-9-4-1-3-8(12(14)17)11(9)18-7-10-15-5-2-6-16-10/h1-6H,7,13H2,(H2,14,17). The zero-order chi connectivity index (χ0) is 13.0. The highest BCUT2D eigenvalue weighted by Crippen LogP contribution is 2.26. The molecule has 1 aromatic carbocycles. The van der Waals surface area contributed by atoms with E-state index in [-0.39, 0.29) is 17.9 Å². The lowest BCUT2D eigenvalue weighted by Gasteiger charge is -2.11. The summed E-state index contributed by atoms with van der Waals surface area (Å²) in [5, 5.41) is 0. The van der Waals surface area contributed by atoms with E-state index in [9.17, 15) is 4.79 Å². The molecular weight excluding hydrogens is 232 g/mol. The van der Waals surface area contributed by atoms with Crippen molar-refractivity contribution in [3.63, 3.8) is 0 Å². The van der Waals surface area contributed by atoms with E-state index in [1.807, 2.05) is 0 Å². The van der Waals surface area contributed by atoms with Gasteiger partial charge in [0.2, 0.25) is 0 Å². The van der Waals surface area contributed by atoms with Gasteiger partial charge in [-0.25, -0.2) is 9.97 Å². The molecule has 2 rings (SSSR count).